The second-order valence-electron chi connectivity index (χ2n) is 6.23. The fourth-order valence-electron chi connectivity index (χ4n) is 3.80. The van der Waals surface area contributed by atoms with Gasteiger partial charge in [0.25, 0.3) is 5.95 Å². The van der Waals surface area contributed by atoms with Crippen molar-refractivity contribution in [3.05, 3.63) is 11.5 Å². The summed E-state index contributed by atoms with van der Waals surface area (Å²) >= 11 is 0. The first kappa shape index (κ1) is 15.3. The second-order valence-corrected chi connectivity index (χ2v) is 6.23. The Morgan fingerprint density at radius 2 is 1.65 bits per heavy atom. The van der Waals surface area contributed by atoms with Crippen molar-refractivity contribution in [2.75, 3.05) is 0 Å². The summed E-state index contributed by atoms with van der Waals surface area (Å²) in [6.07, 6.45) is 4.71. The van der Waals surface area contributed by atoms with Crippen molar-refractivity contribution in [3.63, 3.8) is 0 Å². The van der Waals surface area contributed by atoms with Gasteiger partial charge in [0.15, 0.2) is 0 Å². The minimum Gasteiger partial charge on any atom is -0.462 e. The number of carbonyl (C=O) groups excluding carboxylic acids is 1. The summed E-state index contributed by atoms with van der Waals surface area (Å²) in [4.78, 5) is 11.9. The zero-order chi connectivity index (χ0) is 14.9. The van der Waals surface area contributed by atoms with E-state index >= 15 is 0 Å². The van der Waals surface area contributed by atoms with E-state index in [1.54, 1.807) is 0 Å². The molecule has 3 unspecified atom stereocenters. The molecule has 114 valence electrons. The highest BCUT2D eigenvalue weighted by Crippen LogP contribution is 2.49. The summed E-state index contributed by atoms with van der Waals surface area (Å²) in [5.74, 6) is 2.04. The van der Waals surface area contributed by atoms with Gasteiger partial charge in [0, 0.05) is 11.5 Å². The van der Waals surface area contributed by atoms with Gasteiger partial charge in [-0.15, -0.1) is 0 Å². The van der Waals surface area contributed by atoms with Crippen LogP contribution in [0, 0.1) is 23.7 Å². The maximum atomic E-state index is 11.9. The van der Waals surface area contributed by atoms with E-state index in [4.69, 9.17) is 20.0 Å². The van der Waals surface area contributed by atoms with Gasteiger partial charge >= 0.3 is 5.97 Å². The molecule has 0 amide bonds. The minimum atomic E-state index is -0.110. The molecular weight excluding hydrogens is 260 g/mol. The molecule has 5 nitrogen and oxygen atoms in total. The van der Waals surface area contributed by atoms with Crippen LogP contribution in [-0.4, -0.2) is 22.6 Å². The van der Waals surface area contributed by atoms with Crippen molar-refractivity contribution in [2.24, 2.45) is 23.7 Å². The van der Waals surface area contributed by atoms with Crippen molar-refractivity contribution in [3.8, 4) is 0 Å². The van der Waals surface area contributed by atoms with E-state index in [1.807, 2.05) is 6.92 Å². The van der Waals surface area contributed by atoms with Gasteiger partial charge in [0.2, 0.25) is 0 Å². The summed E-state index contributed by atoms with van der Waals surface area (Å²) in [6, 6.07) is 0. The Morgan fingerprint density at radius 3 is 2.35 bits per heavy atom. The molecule has 2 heterocycles. The summed E-state index contributed by atoms with van der Waals surface area (Å²) in [5.41, 5.74) is 1.31. The number of esters is 1. The Kier molecular flexibility index (Phi) is 4.70. The molecule has 5 atom stereocenters. The number of allylic oxidation sites excluding steroid dienone is 1. The average Bonchev–Trinajstić information content (AvgIpc) is 2.60. The normalized spacial score (nSPS) is 39.6. The molecule has 2 N–H and O–H groups in total. The van der Waals surface area contributed by atoms with Crippen LogP contribution < -0.4 is 0 Å². The standard InChI is InChI=1S/C15H22O3.H2O2/c1-8-4-6-12-10(3)14(16)18-15-13(12)11(8)7-5-9(2)17-15;1-2/h8-12H,4-7H2,1-3H3;1-2H/t8-,9?,10-,11?,12?;/m1./s1. The van der Waals surface area contributed by atoms with E-state index in [9.17, 15) is 4.79 Å². The lowest BCUT2D eigenvalue weighted by Gasteiger charge is -2.41. The summed E-state index contributed by atoms with van der Waals surface area (Å²) in [5, 5.41) is 12.0. The number of hydrogen-bond donors (Lipinski definition) is 2. The predicted octanol–water partition coefficient (Wildman–Crippen LogP) is 3.27. The number of hydrogen-bond acceptors (Lipinski definition) is 5. The number of carbonyl (C=O) groups is 1. The molecule has 0 saturated heterocycles. The highest BCUT2D eigenvalue weighted by Gasteiger charge is 2.46. The highest BCUT2D eigenvalue weighted by atomic mass is 17.0. The quantitative estimate of drug-likeness (QED) is 0.405. The molecule has 20 heavy (non-hydrogen) atoms. The van der Waals surface area contributed by atoms with Gasteiger partial charge in [-0.25, -0.2) is 0 Å². The maximum Gasteiger partial charge on any atom is 0.317 e. The van der Waals surface area contributed by atoms with Crippen LogP contribution in [0.4, 0.5) is 0 Å². The smallest absolute Gasteiger partial charge is 0.317 e. The predicted molar refractivity (Wildman–Crippen MR) is 72.7 cm³/mol. The van der Waals surface area contributed by atoms with Gasteiger partial charge in [-0.05, 0) is 44.4 Å². The van der Waals surface area contributed by atoms with Crippen LogP contribution in [0.5, 0.6) is 0 Å². The Balaban J connectivity index is 0.000000704. The lowest BCUT2D eigenvalue weighted by Crippen LogP contribution is -2.38. The molecule has 0 spiro atoms. The van der Waals surface area contributed by atoms with E-state index in [0.29, 0.717) is 23.7 Å². The lowest BCUT2D eigenvalue weighted by atomic mass is 9.65. The van der Waals surface area contributed by atoms with Crippen molar-refractivity contribution in [1.29, 1.82) is 0 Å². The third kappa shape index (κ3) is 2.56. The summed E-state index contributed by atoms with van der Waals surface area (Å²) in [6.45, 7) is 6.39. The SMILES string of the molecule is CC1CCC2C3=C(OC(=O)[C@H](C)C3CC[C@H]2C)O1.OO. The fourth-order valence-corrected chi connectivity index (χ4v) is 3.80. The largest absolute Gasteiger partial charge is 0.462 e. The average molecular weight is 284 g/mol. The van der Waals surface area contributed by atoms with Crippen molar-refractivity contribution < 1.29 is 24.8 Å². The molecule has 3 rings (SSSR count). The zero-order valence-electron chi connectivity index (χ0n) is 12.3. The Hall–Kier alpha value is -1.07. The Bertz CT molecular complexity index is 403. The van der Waals surface area contributed by atoms with Crippen molar-refractivity contribution in [1.82, 2.24) is 0 Å². The first-order chi connectivity index (χ1) is 9.58. The summed E-state index contributed by atoms with van der Waals surface area (Å²) < 4.78 is 11.3. The maximum absolute atomic E-state index is 11.9. The van der Waals surface area contributed by atoms with E-state index in [-0.39, 0.29) is 18.0 Å². The van der Waals surface area contributed by atoms with Crippen molar-refractivity contribution >= 4 is 5.97 Å². The Labute approximate surface area is 119 Å². The molecule has 2 aliphatic heterocycles. The zero-order valence-corrected chi connectivity index (χ0v) is 12.3. The van der Waals surface area contributed by atoms with Crippen LogP contribution in [-0.2, 0) is 14.3 Å². The first-order valence-corrected chi connectivity index (χ1v) is 7.40. The monoisotopic (exact) mass is 284 g/mol. The molecular formula is C15H24O5. The van der Waals surface area contributed by atoms with Gasteiger partial charge in [0.1, 0.15) is 0 Å². The van der Waals surface area contributed by atoms with Gasteiger partial charge in [-0.1, -0.05) is 13.8 Å². The topological polar surface area (TPSA) is 76.0 Å². The molecule has 1 saturated carbocycles. The molecule has 0 bridgehead atoms. The van der Waals surface area contributed by atoms with Crippen LogP contribution in [0.25, 0.3) is 0 Å². The third-order valence-electron chi connectivity index (χ3n) is 5.02. The molecule has 1 fully saturated rings. The Morgan fingerprint density at radius 1 is 1.00 bits per heavy atom. The number of rotatable bonds is 0. The van der Waals surface area contributed by atoms with E-state index in [2.05, 4.69) is 13.8 Å². The molecule has 3 aliphatic rings. The minimum absolute atomic E-state index is 0.00393. The van der Waals surface area contributed by atoms with E-state index in [1.165, 1.54) is 18.4 Å². The molecule has 5 heteroatoms. The molecule has 0 aromatic rings. The van der Waals surface area contributed by atoms with E-state index in [0.717, 1.165) is 12.8 Å². The number of ether oxygens (including phenoxy) is 2. The molecule has 0 aromatic heterocycles. The molecule has 0 aromatic carbocycles. The van der Waals surface area contributed by atoms with Crippen LogP contribution in [0.3, 0.4) is 0 Å². The molecule has 1 aliphatic carbocycles. The fraction of sp³-hybridized carbons (Fsp3) is 0.800. The van der Waals surface area contributed by atoms with Gasteiger partial charge in [-0.2, -0.15) is 0 Å². The molecule has 0 radical (unpaired) electrons. The van der Waals surface area contributed by atoms with Crippen LogP contribution in [0.15, 0.2) is 11.5 Å². The van der Waals surface area contributed by atoms with Gasteiger partial charge in [-0.3, -0.25) is 15.3 Å². The summed E-state index contributed by atoms with van der Waals surface area (Å²) in [7, 11) is 0. The van der Waals surface area contributed by atoms with Crippen LogP contribution in [0.1, 0.15) is 46.5 Å². The lowest BCUT2D eigenvalue weighted by molar-refractivity contribution is -0.176. The third-order valence-corrected chi connectivity index (χ3v) is 5.02. The first-order valence-electron chi connectivity index (χ1n) is 7.40. The van der Waals surface area contributed by atoms with Gasteiger partial charge in [0.05, 0.1) is 12.0 Å². The van der Waals surface area contributed by atoms with Crippen LogP contribution >= 0.6 is 0 Å². The van der Waals surface area contributed by atoms with Crippen molar-refractivity contribution in [2.45, 2.75) is 52.6 Å². The van der Waals surface area contributed by atoms with Gasteiger partial charge < -0.3 is 9.47 Å². The highest BCUT2D eigenvalue weighted by molar-refractivity contribution is 5.75. The second kappa shape index (κ2) is 6.14. The van der Waals surface area contributed by atoms with E-state index < -0.39 is 0 Å². The van der Waals surface area contributed by atoms with Crippen LogP contribution in [0.2, 0.25) is 0 Å².